The van der Waals surface area contributed by atoms with Crippen molar-refractivity contribution < 1.29 is 9.53 Å². The van der Waals surface area contributed by atoms with Crippen LogP contribution in [0.2, 0.25) is 5.02 Å². The number of rotatable bonds is 4. The van der Waals surface area contributed by atoms with E-state index in [0.717, 1.165) is 5.69 Å². The van der Waals surface area contributed by atoms with Gasteiger partial charge in [-0.2, -0.15) is 0 Å². The molecule has 1 aliphatic heterocycles. The molecule has 0 unspecified atom stereocenters. The van der Waals surface area contributed by atoms with Gasteiger partial charge in [0.2, 0.25) is 5.95 Å². The highest BCUT2D eigenvalue weighted by Crippen LogP contribution is 2.27. The molecule has 2 heterocycles. The fraction of sp³-hybridized carbons (Fsp3) is 0.333. The Balaban J connectivity index is 1.90. The molecule has 0 saturated carbocycles. The zero-order valence-electron chi connectivity index (χ0n) is 12.5. The smallest absolute Gasteiger partial charge is 0.312 e. The number of hydrogen-bond acceptors (Lipinski definition) is 6. The highest BCUT2D eigenvalue weighted by atomic mass is 35.5. The van der Waals surface area contributed by atoms with E-state index in [1.165, 1.54) is 4.57 Å². The molecule has 0 radical (unpaired) electrons. The number of aromatic nitrogens is 3. The predicted molar refractivity (Wildman–Crippen MR) is 85.1 cm³/mol. The van der Waals surface area contributed by atoms with Crippen molar-refractivity contribution in [2.45, 2.75) is 19.9 Å². The lowest BCUT2D eigenvalue weighted by atomic mass is 10.3. The van der Waals surface area contributed by atoms with Crippen LogP contribution in [0.5, 0.6) is 0 Å². The summed E-state index contributed by atoms with van der Waals surface area (Å²) in [4.78, 5) is 25.8. The SMILES string of the molecule is CCOC(=O)Cc1nnc2n(c1=O)CCN2c1ccc(Cl)cc1. The normalized spacial score (nSPS) is 13.0. The third-order valence-corrected chi connectivity index (χ3v) is 3.79. The summed E-state index contributed by atoms with van der Waals surface area (Å²) in [6.45, 7) is 3.07. The van der Waals surface area contributed by atoms with Crippen LogP contribution >= 0.6 is 11.6 Å². The summed E-state index contributed by atoms with van der Waals surface area (Å²) in [5, 5.41) is 8.67. The first kappa shape index (κ1) is 15.5. The van der Waals surface area contributed by atoms with E-state index in [1.54, 1.807) is 19.1 Å². The van der Waals surface area contributed by atoms with Gasteiger partial charge < -0.3 is 9.64 Å². The van der Waals surface area contributed by atoms with E-state index in [4.69, 9.17) is 16.3 Å². The van der Waals surface area contributed by atoms with Crippen molar-refractivity contribution >= 4 is 29.2 Å². The Labute approximate surface area is 137 Å². The molecule has 0 fully saturated rings. The number of carbonyl (C=O) groups excluding carboxylic acids is 1. The van der Waals surface area contributed by atoms with Crippen LogP contribution in [-0.2, 0) is 22.5 Å². The van der Waals surface area contributed by atoms with Crippen LogP contribution in [0, 0.1) is 0 Å². The van der Waals surface area contributed by atoms with Gasteiger partial charge in [0.15, 0.2) is 0 Å². The van der Waals surface area contributed by atoms with Crippen molar-refractivity contribution in [3.8, 4) is 0 Å². The predicted octanol–water partition coefficient (Wildman–Crippen LogP) is 1.55. The van der Waals surface area contributed by atoms with Crippen molar-refractivity contribution in [3.05, 3.63) is 45.3 Å². The van der Waals surface area contributed by atoms with Crippen LogP contribution in [0.25, 0.3) is 0 Å². The highest BCUT2D eigenvalue weighted by molar-refractivity contribution is 6.30. The molecule has 7 nitrogen and oxygen atoms in total. The highest BCUT2D eigenvalue weighted by Gasteiger charge is 2.25. The van der Waals surface area contributed by atoms with Crippen LogP contribution in [-0.4, -0.2) is 33.9 Å². The Morgan fingerprint density at radius 3 is 2.70 bits per heavy atom. The second kappa shape index (κ2) is 6.37. The summed E-state index contributed by atoms with van der Waals surface area (Å²) >= 11 is 5.89. The first-order chi connectivity index (χ1) is 11.1. The Bertz CT molecular complexity index is 788. The Hall–Kier alpha value is -2.41. The molecule has 0 amide bonds. The summed E-state index contributed by atoms with van der Waals surface area (Å²) in [5.41, 5.74) is 0.678. The number of benzene rings is 1. The first-order valence-electron chi connectivity index (χ1n) is 7.25. The number of esters is 1. The maximum Gasteiger partial charge on any atom is 0.312 e. The zero-order chi connectivity index (χ0) is 16.4. The Morgan fingerprint density at radius 2 is 2.00 bits per heavy atom. The summed E-state index contributed by atoms with van der Waals surface area (Å²) in [6, 6.07) is 7.27. The number of hydrogen-bond donors (Lipinski definition) is 0. The van der Waals surface area contributed by atoms with Crippen molar-refractivity contribution in [1.29, 1.82) is 0 Å². The van der Waals surface area contributed by atoms with Crippen molar-refractivity contribution in [3.63, 3.8) is 0 Å². The molecule has 23 heavy (non-hydrogen) atoms. The molecule has 0 N–H and O–H groups in total. The lowest BCUT2D eigenvalue weighted by Gasteiger charge is -2.16. The molecule has 0 bridgehead atoms. The van der Waals surface area contributed by atoms with Crippen molar-refractivity contribution in [2.24, 2.45) is 0 Å². The molecule has 0 saturated heterocycles. The van der Waals surface area contributed by atoms with Gasteiger partial charge in [0.1, 0.15) is 5.69 Å². The molecule has 0 spiro atoms. The number of fused-ring (bicyclic) bond motifs is 1. The fourth-order valence-electron chi connectivity index (χ4n) is 2.47. The summed E-state index contributed by atoms with van der Waals surface area (Å²) < 4.78 is 6.37. The van der Waals surface area contributed by atoms with E-state index in [0.29, 0.717) is 24.1 Å². The van der Waals surface area contributed by atoms with Crippen LogP contribution < -0.4 is 10.5 Å². The van der Waals surface area contributed by atoms with Gasteiger partial charge in [0.05, 0.1) is 13.0 Å². The largest absolute Gasteiger partial charge is 0.466 e. The Morgan fingerprint density at radius 1 is 1.26 bits per heavy atom. The minimum absolute atomic E-state index is 0.102. The monoisotopic (exact) mass is 334 g/mol. The fourth-order valence-corrected chi connectivity index (χ4v) is 2.60. The zero-order valence-corrected chi connectivity index (χ0v) is 13.3. The number of ether oxygens (including phenoxy) is 1. The van der Waals surface area contributed by atoms with Gasteiger partial charge in [-0.3, -0.25) is 14.2 Å². The maximum atomic E-state index is 12.4. The average Bonchev–Trinajstić information content (AvgIpc) is 2.96. The lowest BCUT2D eigenvalue weighted by Crippen LogP contribution is -2.27. The molecule has 0 atom stereocenters. The number of halogens is 1. The second-order valence-corrected chi connectivity index (χ2v) is 5.45. The topological polar surface area (TPSA) is 77.3 Å². The van der Waals surface area contributed by atoms with Gasteiger partial charge >= 0.3 is 5.97 Å². The van der Waals surface area contributed by atoms with Crippen LogP contribution in [0.4, 0.5) is 11.6 Å². The van der Waals surface area contributed by atoms with Crippen LogP contribution in [0.1, 0.15) is 12.6 Å². The van der Waals surface area contributed by atoms with E-state index >= 15 is 0 Å². The lowest BCUT2D eigenvalue weighted by molar-refractivity contribution is -0.142. The van der Waals surface area contributed by atoms with Crippen molar-refractivity contribution in [2.75, 3.05) is 18.1 Å². The van der Waals surface area contributed by atoms with E-state index in [2.05, 4.69) is 10.2 Å². The second-order valence-electron chi connectivity index (χ2n) is 5.01. The minimum atomic E-state index is -0.480. The van der Waals surface area contributed by atoms with Crippen LogP contribution in [0.3, 0.4) is 0 Å². The standard InChI is InChI=1S/C15H15ClN4O3/c1-2-23-13(21)9-12-14(22)20-8-7-19(15(20)18-17-12)11-5-3-10(16)4-6-11/h3-6H,2,7-9H2,1H3. The van der Waals surface area contributed by atoms with Gasteiger partial charge in [0, 0.05) is 23.8 Å². The molecular weight excluding hydrogens is 320 g/mol. The minimum Gasteiger partial charge on any atom is -0.466 e. The van der Waals surface area contributed by atoms with Crippen LogP contribution in [0.15, 0.2) is 29.1 Å². The molecule has 120 valence electrons. The van der Waals surface area contributed by atoms with Crippen molar-refractivity contribution in [1.82, 2.24) is 14.8 Å². The maximum absolute atomic E-state index is 12.4. The van der Waals surface area contributed by atoms with E-state index in [-0.39, 0.29) is 24.3 Å². The van der Waals surface area contributed by atoms with Gasteiger partial charge in [-0.15, -0.1) is 10.2 Å². The molecule has 0 aliphatic carbocycles. The molecule has 8 heteroatoms. The van der Waals surface area contributed by atoms with E-state index < -0.39 is 5.97 Å². The quantitative estimate of drug-likeness (QED) is 0.789. The molecule has 1 aromatic carbocycles. The molecule has 2 aromatic rings. The number of nitrogens with zero attached hydrogens (tertiary/aromatic N) is 4. The van der Waals surface area contributed by atoms with Gasteiger partial charge in [0.25, 0.3) is 5.56 Å². The average molecular weight is 335 g/mol. The van der Waals surface area contributed by atoms with Gasteiger partial charge in [-0.05, 0) is 31.2 Å². The third-order valence-electron chi connectivity index (χ3n) is 3.54. The molecule has 1 aliphatic rings. The van der Waals surface area contributed by atoms with Gasteiger partial charge in [-0.25, -0.2) is 0 Å². The third kappa shape index (κ3) is 3.05. The number of carbonyl (C=O) groups is 1. The first-order valence-corrected chi connectivity index (χ1v) is 7.63. The Kier molecular flexibility index (Phi) is 4.29. The van der Waals surface area contributed by atoms with Gasteiger partial charge in [-0.1, -0.05) is 11.6 Å². The number of anilines is 2. The molecular formula is C15H15ClN4O3. The summed E-state index contributed by atoms with van der Waals surface area (Å²) in [5.74, 6) is -0.0167. The molecule has 3 rings (SSSR count). The van der Waals surface area contributed by atoms with E-state index in [1.807, 2.05) is 17.0 Å². The summed E-state index contributed by atoms with van der Waals surface area (Å²) in [7, 11) is 0. The summed E-state index contributed by atoms with van der Waals surface area (Å²) in [6.07, 6.45) is -0.166. The molecule has 1 aromatic heterocycles. The van der Waals surface area contributed by atoms with E-state index in [9.17, 15) is 9.59 Å².